The number of aryl methyl sites for hydroxylation is 1. The van der Waals surface area contributed by atoms with Crippen molar-refractivity contribution in [3.05, 3.63) is 50.3 Å². The summed E-state index contributed by atoms with van der Waals surface area (Å²) < 4.78 is 2.17. The average molecular weight is 414 g/mol. The Balaban J connectivity index is 2.38. The smallest absolute Gasteiger partial charge is 0.354 e. The van der Waals surface area contributed by atoms with E-state index < -0.39 is 5.97 Å². The van der Waals surface area contributed by atoms with E-state index in [0.717, 1.165) is 9.26 Å². The van der Waals surface area contributed by atoms with E-state index >= 15 is 0 Å². The van der Waals surface area contributed by atoms with E-state index in [0.29, 0.717) is 21.9 Å². The van der Waals surface area contributed by atoms with Gasteiger partial charge in [-0.2, -0.15) is 5.10 Å². The van der Waals surface area contributed by atoms with Gasteiger partial charge < -0.3 is 5.11 Å². The molecule has 0 aliphatic rings. The third kappa shape index (κ3) is 2.38. The molecule has 3 aromatic rings. The van der Waals surface area contributed by atoms with Crippen LogP contribution >= 0.6 is 34.2 Å². The number of halogens is 2. The Bertz CT molecular complexity index is 876. The fourth-order valence-corrected chi connectivity index (χ4v) is 2.75. The number of nitrogens with zero attached hydrogens (tertiary/aromatic N) is 3. The summed E-state index contributed by atoms with van der Waals surface area (Å²) in [6, 6.07) is 8.69. The van der Waals surface area contributed by atoms with Crippen molar-refractivity contribution < 1.29 is 9.90 Å². The zero-order valence-corrected chi connectivity index (χ0v) is 13.8. The Kier molecular flexibility index (Phi) is 3.58. The average Bonchev–Trinajstić information content (AvgIpc) is 2.74. The van der Waals surface area contributed by atoms with Gasteiger partial charge in [0.05, 0.1) is 15.0 Å². The summed E-state index contributed by atoms with van der Waals surface area (Å²) in [6.45, 7) is 1.82. The molecule has 0 unspecified atom stereocenters. The van der Waals surface area contributed by atoms with Gasteiger partial charge in [-0.05, 0) is 41.6 Å². The van der Waals surface area contributed by atoms with Gasteiger partial charge in [0.25, 0.3) is 0 Å². The lowest BCUT2D eigenvalue weighted by molar-refractivity contribution is 0.0687. The lowest BCUT2D eigenvalue weighted by atomic mass is 10.1. The molecule has 2 aromatic heterocycles. The van der Waals surface area contributed by atoms with E-state index in [-0.39, 0.29) is 5.69 Å². The second-order valence-electron chi connectivity index (χ2n) is 4.45. The molecule has 3 rings (SSSR count). The molecule has 0 radical (unpaired) electrons. The fourth-order valence-electron chi connectivity index (χ4n) is 2.06. The maximum Gasteiger partial charge on any atom is 0.354 e. The zero-order valence-electron chi connectivity index (χ0n) is 10.8. The van der Waals surface area contributed by atoms with Crippen LogP contribution in [0.2, 0.25) is 5.02 Å². The van der Waals surface area contributed by atoms with Gasteiger partial charge in [-0.25, -0.2) is 14.3 Å². The molecule has 7 heteroatoms. The minimum Gasteiger partial charge on any atom is -0.477 e. The molecule has 0 saturated carbocycles. The topological polar surface area (TPSA) is 67.5 Å². The van der Waals surface area contributed by atoms with Gasteiger partial charge in [0.15, 0.2) is 11.3 Å². The molecule has 0 amide bonds. The van der Waals surface area contributed by atoms with Crippen molar-refractivity contribution >= 4 is 45.8 Å². The van der Waals surface area contributed by atoms with Crippen LogP contribution in [0.15, 0.2) is 30.3 Å². The summed E-state index contributed by atoms with van der Waals surface area (Å²) >= 11 is 8.29. The summed E-state index contributed by atoms with van der Waals surface area (Å²) in [4.78, 5) is 16.0. The van der Waals surface area contributed by atoms with E-state index in [1.54, 1.807) is 6.07 Å². The first-order chi connectivity index (χ1) is 9.99. The molecule has 21 heavy (non-hydrogen) atoms. The largest absolute Gasteiger partial charge is 0.477 e. The predicted octanol–water partition coefficient (Wildman–Crippen LogP) is 3.66. The van der Waals surface area contributed by atoms with Crippen LogP contribution in [0, 0.1) is 10.5 Å². The highest BCUT2D eigenvalue weighted by molar-refractivity contribution is 14.1. The first-order valence-corrected chi connectivity index (χ1v) is 7.49. The van der Waals surface area contributed by atoms with Crippen LogP contribution in [0.1, 0.15) is 16.2 Å². The molecule has 0 atom stereocenters. The second kappa shape index (κ2) is 5.27. The summed E-state index contributed by atoms with van der Waals surface area (Å²) in [5, 5.41) is 14.1. The molecule has 0 spiro atoms. The number of fused-ring (bicyclic) bond motifs is 1. The third-order valence-corrected chi connectivity index (χ3v) is 4.65. The van der Waals surface area contributed by atoms with E-state index in [4.69, 9.17) is 11.6 Å². The SMILES string of the molecule is Cc1nn2c(C(=O)O)cc(-c3ccccc3Cl)nc2c1I. The van der Waals surface area contributed by atoms with Crippen molar-refractivity contribution in [2.45, 2.75) is 6.92 Å². The normalized spacial score (nSPS) is 11.0. The maximum atomic E-state index is 11.5. The van der Waals surface area contributed by atoms with Crippen LogP contribution in [0.4, 0.5) is 0 Å². The van der Waals surface area contributed by atoms with Crippen LogP contribution in [0.3, 0.4) is 0 Å². The Morgan fingerprint density at radius 1 is 1.38 bits per heavy atom. The fraction of sp³-hybridized carbons (Fsp3) is 0.0714. The van der Waals surface area contributed by atoms with E-state index in [2.05, 4.69) is 32.7 Å². The van der Waals surface area contributed by atoms with Crippen LogP contribution in [0.25, 0.3) is 16.9 Å². The number of benzene rings is 1. The first-order valence-electron chi connectivity index (χ1n) is 6.03. The number of carbonyl (C=O) groups is 1. The molecule has 1 N–H and O–H groups in total. The van der Waals surface area contributed by atoms with Crippen LogP contribution in [-0.4, -0.2) is 25.7 Å². The number of hydrogen-bond acceptors (Lipinski definition) is 3. The van der Waals surface area contributed by atoms with Gasteiger partial charge in [0.1, 0.15) is 0 Å². The van der Waals surface area contributed by atoms with E-state index in [1.807, 2.05) is 25.1 Å². The molecule has 0 fully saturated rings. The monoisotopic (exact) mass is 413 g/mol. The summed E-state index contributed by atoms with van der Waals surface area (Å²) in [6.07, 6.45) is 0. The molecule has 1 aromatic carbocycles. The van der Waals surface area contributed by atoms with Gasteiger partial charge in [0.2, 0.25) is 0 Å². The number of carboxylic acid groups (broad SMARTS) is 1. The number of hydrogen-bond donors (Lipinski definition) is 1. The van der Waals surface area contributed by atoms with Crippen molar-refractivity contribution in [1.82, 2.24) is 14.6 Å². The molecule has 2 heterocycles. The minimum atomic E-state index is -1.06. The maximum absolute atomic E-state index is 11.5. The molecule has 0 aliphatic carbocycles. The Labute approximate surface area is 138 Å². The van der Waals surface area contributed by atoms with Crippen LogP contribution in [-0.2, 0) is 0 Å². The molecular weight excluding hydrogens is 405 g/mol. The Hall–Kier alpha value is -1.67. The third-order valence-electron chi connectivity index (χ3n) is 3.06. The summed E-state index contributed by atoms with van der Waals surface area (Å²) in [5.74, 6) is -1.06. The highest BCUT2D eigenvalue weighted by Gasteiger charge is 2.18. The molecule has 106 valence electrons. The van der Waals surface area contributed by atoms with Crippen LogP contribution < -0.4 is 0 Å². The Morgan fingerprint density at radius 2 is 2.10 bits per heavy atom. The predicted molar refractivity (Wildman–Crippen MR) is 87.8 cm³/mol. The van der Waals surface area contributed by atoms with Crippen molar-refractivity contribution in [1.29, 1.82) is 0 Å². The van der Waals surface area contributed by atoms with E-state index in [9.17, 15) is 9.90 Å². The number of aromatic nitrogens is 3. The van der Waals surface area contributed by atoms with Gasteiger partial charge in [-0.1, -0.05) is 29.8 Å². The number of carboxylic acids is 1. The summed E-state index contributed by atoms with van der Waals surface area (Å²) in [7, 11) is 0. The second-order valence-corrected chi connectivity index (χ2v) is 5.93. The van der Waals surface area contributed by atoms with E-state index in [1.165, 1.54) is 10.6 Å². The first kappa shape index (κ1) is 14.3. The van der Waals surface area contributed by atoms with Crippen molar-refractivity contribution in [3.8, 4) is 11.3 Å². The van der Waals surface area contributed by atoms with Crippen molar-refractivity contribution in [2.75, 3.05) is 0 Å². The van der Waals surface area contributed by atoms with Gasteiger partial charge in [-0.15, -0.1) is 0 Å². The zero-order chi connectivity index (χ0) is 15.1. The standard InChI is InChI=1S/C14H9ClIN3O2/c1-7-12(16)13-17-10(8-4-2-3-5-9(8)15)6-11(14(20)21)19(13)18-7/h2-6H,1H3,(H,20,21). The van der Waals surface area contributed by atoms with Crippen molar-refractivity contribution in [2.24, 2.45) is 0 Å². The Morgan fingerprint density at radius 3 is 2.76 bits per heavy atom. The van der Waals surface area contributed by atoms with Gasteiger partial charge >= 0.3 is 5.97 Å². The summed E-state index contributed by atoms with van der Waals surface area (Å²) in [5.41, 5.74) is 2.52. The molecule has 0 aliphatic heterocycles. The van der Waals surface area contributed by atoms with Crippen LogP contribution in [0.5, 0.6) is 0 Å². The molecule has 5 nitrogen and oxygen atoms in total. The quantitative estimate of drug-likeness (QED) is 0.651. The lowest BCUT2D eigenvalue weighted by Crippen LogP contribution is -2.08. The van der Waals surface area contributed by atoms with Gasteiger partial charge in [-0.3, -0.25) is 0 Å². The van der Waals surface area contributed by atoms with Gasteiger partial charge in [0, 0.05) is 10.6 Å². The molecular formula is C14H9ClIN3O2. The highest BCUT2D eigenvalue weighted by Crippen LogP contribution is 2.28. The molecule has 0 saturated heterocycles. The molecule has 0 bridgehead atoms. The highest BCUT2D eigenvalue weighted by atomic mass is 127. The lowest BCUT2D eigenvalue weighted by Gasteiger charge is -2.06. The minimum absolute atomic E-state index is 0.0564. The van der Waals surface area contributed by atoms with Crippen molar-refractivity contribution in [3.63, 3.8) is 0 Å². The number of rotatable bonds is 2. The number of aromatic carboxylic acids is 1.